The van der Waals surface area contributed by atoms with Gasteiger partial charge in [-0.1, -0.05) is 59.3 Å². The average Bonchev–Trinajstić information content (AvgIpc) is 2.71. The van der Waals surface area contributed by atoms with Crippen molar-refractivity contribution in [2.75, 3.05) is 0 Å². The fourth-order valence-corrected chi connectivity index (χ4v) is 3.53. The molecule has 0 amide bonds. The van der Waals surface area contributed by atoms with E-state index in [1.165, 1.54) is 6.07 Å². The fourth-order valence-electron chi connectivity index (χ4n) is 3.27. The van der Waals surface area contributed by atoms with Crippen LogP contribution in [0.25, 0.3) is 0 Å². The van der Waals surface area contributed by atoms with Crippen LogP contribution in [-0.4, -0.2) is 6.43 Å². The van der Waals surface area contributed by atoms with Crippen molar-refractivity contribution in [1.29, 1.82) is 0 Å². The summed E-state index contributed by atoms with van der Waals surface area (Å²) in [5.41, 5.74) is 0.233. The molecule has 1 atom stereocenters. The molecule has 5 heteroatoms. The molecular weight excluding hydrogens is 441 g/mol. The van der Waals surface area contributed by atoms with Crippen LogP contribution in [0.5, 0.6) is 11.5 Å². The van der Waals surface area contributed by atoms with Gasteiger partial charge in [-0.15, -0.1) is 0 Å². The van der Waals surface area contributed by atoms with Crippen molar-refractivity contribution < 1.29 is 17.9 Å². The monoisotopic (exact) mass is 462 g/mol. The summed E-state index contributed by atoms with van der Waals surface area (Å²) in [5, 5.41) is 0. The molecule has 0 bridgehead atoms. The van der Waals surface area contributed by atoms with Crippen LogP contribution in [0.15, 0.2) is 77.3 Å². The van der Waals surface area contributed by atoms with Crippen molar-refractivity contribution in [3.63, 3.8) is 0 Å². The third-order valence-electron chi connectivity index (χ3n) is 5.11. The lowest BCUT2D eigenvalue weighted by molar-refractivity contribution is 0.0526. The van der Waals surface area contributed by atoms with Gasteiger partial charge in [-0.2, -0.15) is 0 Å². The number of rotatable bonds is 8. The van der Waals surface area contributed by atoms with E-state index in [1.54, 1.807) is 55.5 Å². The lowest BCUT2D eigenvalue weighted by Crippen LogP contribution is -2.31. The maximum atomic E-state index is 14.1. The van der Waals surface area contributed by atoms with Crippen LogP contribution in [0.2, 0.25) is 0 Å². The van der Waals surface area contributed by atoms with Crippen LogP contribution < -0.4 is 4.74 Å². The molecule has 3 rings (SSSR count). The molecule has 0 aromatic heterocycles. The van der Waals surface area contributed by atoms with E-state index in [4.69, 9.17) is 4.74 Å². The molecule has 0 aliphatic rings. The largest absolute Gasteiger partial charge is 0.454 e. The molecular formula is C24H22BrF3O. The Balaban J connectivity index is 1.68. The van der Waals surface area contributed by atoms with Crippen LogP contribution in [0.4, 0.5) is 13.2 Å². The summed E-state index contributed by atoms with van der Waals surface area (Å²) in [6.07, 6.45) is -1.05. The van der Waals surface area contributed by atoms with E-state index in [0.717, 1.165) is 10.0 Å². The van der Waals surface area contributed by atoms with Gasteiger partial charge in [0.15, 0.2) is 11.6 Å². The molecule has 0 heterocycles. The average molecular weight is 463 g/mol. The Bertz CT molecular complexity index is 929. The Kier molecular flexibility index (Phi) is 7.01. The summed E-state index contributed by atoms with van der Waals surface area (Å²) in [7, 11) is 0. The molecule has 0 fully saturated rings. The standard InChI is InChI=1S/C24H22BrF3O/c1-24(23(27)28,18-10-12-19(25)13-11-18)15-5-6-17-9-14-21(26)22(16-17)29-20-7-3-2-4-8-20/h2-4,7-14,16,23H,5-6,15H2,1H3. The predicted octanol–water partition coefficient (Wildman–Crippen LogP) is 7.93. The minimum absolute atomic E-state index is 0.137. The van der Waals surface area contributed by atoms with Crippen LogP contribution in [0.3, 0.4) is 0 Å². The van der Waals surface area contributed by atoms with E-state index in [2.05, 4.69) is 15.9 Å². The topological polar surface area (TPSA) is 9.23 Å². The normalized spacial score (nSPS) is 13.3. The molecule has 0 saturated carbocycles. The Hall–Kier alpha value is -2.27. The van der Waals surface area contributed by atoms with Crippen molar-refractivity contribution in [3.05, 3.63) is 94.2 Å². The zero-order valence-electron chi connectivity index (χ0n) is 16.0. The first-order chi connectivity index (χ1) is 13.9. The molecule has 0 N–H and O–H groups in total. The second kappa shape index (κ2) is 9.49. The van der Waals surface area contributed by atoms with Gasteiger partial charge < -0.3 is 4.74 Å². The van der Waals surface area contributed by atoms with Gasteiger partial charge in [0, 0.05) is 4.47 Å². The van der Waals surface area contributed by atoms with Gasteiger partial charge in [0.25, 0.3) is 0 Å². The van der Waals surface area contributed by atoms with Gasteiger partial charge in [-0.3, -0.25) is 0 Å². The van der Waals surface area contributed by atoms with Gasteiger partial charge in [-0.05, 0) is 66.8 Å². The molecule has 0 radical (unpaired) electrons. The van der Waals surface area contributed by atoms with Crippen molar-refractivity contribution in [2.24, 2.45) is 0 Å². The SMILES string of the molecule is CC(CCCc1ccc(F)c(Oc2ccccc2)c1)(c1ccc(Br)cc1)C(F)F. The van der Waals surface area contributed by atoms with Crippen LogP contribution in [0.1, 0.15) is 30.9 Å². The number of aryl methyl sites for hydroxylation is 1. The number of hydrogen-bond donors (Lipinski definition) is 0. The third kappa shape index (κ3) is 5.41. The van der Waals surface area contributed by atoms with Crippen molar-refractivity contribution in [2.45, 2.75) is 38.0 Å². The number of halogens is 4. The van der Waals surface area contributed by atoms with Crippen LogP contribution in [0, 0.1) is 5.82 Å². The predicted molar refractivity (Wildman–Crippen MR) is 113 cm³/mol. The number of ether oxygens (including phenoxy) is 1. The summed E-state index contributed by atoms with van der Waals surface area (Å²) in [6.45, 7) is 1.59. The van der Waals surface area contributed by atoms with Crippen molar-refractivity contribution in [3.8, 4) is 11.5 Å². The molecule has 29 heavy (non-hydrogen) atoms. The fraction of sp³-hybridized carbons (Fsp3) is 0.250. The summed E-state index contributed by atoms with van der Waals surface area (Å²) >= 11 is 3.34. The van der Waals surface area contributed by atoms with E-state index in [0.29, 0.717) is 30.6 Å². The second-order valence-corrected chi connectivity index (χ2v) is 8.17. The van der Waals surface area contributed by atoms with E-state index >= 15 is 0 Å². The number of benzene rings is 3. The molecule has 0 aliphatic carbocycles. The third-order valence-corrected chi connectivity index (χ3v) is 5.64. The minimum atomic E-state index is -2.48. The minimum Gasteiger partial charge on any atom is -0.454 e. The summed E-state index contributed by atoms with van der Waals surface area (Å²) < 4.78 is 48.3. The highest BCUT2D eigenvalue weighted by atomic mass is 79.9. The van der Waals surface area contributed by atoms with Crippen molar-refractivity contribution >= 4 is 15.9 Å². The Morgan fingerprint density at radius 3 is 2.31 bits per heavy atom. The maximum absolute atomic E-state index is 14.1. The van der Waals surface area contributed by atoms with Crippen molar-refractivity contribution in [1.82, 2.24) is 0 Å². The van der Waals surface area contributed by atoms with Gasteiger partial charge in [-0.25, -0.2) is 13.2 Å². The number of hydrogen-bond acceptors (Lipinski definition) is 1. The zero-order valence-corrected chi connectivity index (χ0v) is 17.6. The van der Waals surface area contributed by atoms with Gasteiger partial charge >= 0.3 is 0 Å². The first-order valence-corrected chi connectivity index (χ1v) is 10.2. The second-order valence-electron chi connectivity index (χ2n) is 7.26. The molecule has 152 valence electrons. The molecule has 0 aliphatic heterocycles. The highest BCUT2D eigenvalue weighted by molar-refractivity contribution is 9.10. The van der Waals surface area contributed by atoms with Crippen LogP contribution in [-0.2, 0) is 11.8 Å². The van der Waals surface area contributed by atoms with E-state index < -0.39 is 17.7 Å². The number of para-hydroxylation sites is 1. The zero-order chi connectivity index (χ0) is 20.9. The molecule has 0 saturated heterocycles. The lowest BCUT2D eigenvalue weighted by atomic mass is 9.78. The summed E-state index contributed by atoms with van der Waals surface area (Å²) in [6, 6.07) is 20.7. The van der Waals surface area contributed by atoms with Crippen LogP contribution >= 0.6 is 15.9 Å². The lowest BCUT2D eigenvalue weighted by Gasteiger charge is -2.29. The highest BCUT2D eigenvalue weighted by Crippen LogP contribution is 2.36. The highest BCUT2D eigenvalue weighted by Gasteiger charge is 2.36. The van der Waals surface area contributed by atoms with E-state index in [9.17, 15) is 13.2 Å². The van der Waals surface area contributed by atoms with Gasteiger partial charge in [0.05, 0.1) is 5.41 Å². The molecule has 3 aromatic rings. The van der Waals surface area contributed by atoms with Gasteiger partial charge in [0.2, 0.25) is 6.43 Å². The Morgan fingerprint density at radius 2 is 1.66 bits per heavy atom. The Labute approximate surface area is 177 Å². The Morgan fingerprint density at radius 1 is 0.966 bits per heavy atom. The van der Waals surface area contributed by atoms with E-state index in [-0.39, 0.29) is 5.75 Å². The number of alkyl halides is 2. The molecule has 0 spiro atoms. The first-order valence-electron chi connectivity index (χ1n) is 9.44. The first kappa shape index (κ1) is 21.4. The quantitative estimate of drug-likeness (QED) is 0.330. The van der Waals surface area contributed by atoms with Gasteiger partial charge in [0.1, 0.15) is 5.75 Å². The van der Waals surface area contributed by atoms with E-state index in [1.807, 2.05) is 18.2 Å². The summed E-state index contributed by atoms with van der Waals surface area (Å²) in [5.74, 6) is 0.229. The molecule has 3 aromatic carbocycles. The molecule has 1 nitrogen and oxygen atoms in total. The smallest absolute Gasteiger partial charge is 0.247 e. The summed E-state index contributed by atoms with van der Waals surface area (Å²) in [4.78, 5) is 0. The molecule has 1 unspecified atom stereocenters. The maximum Gasteiger partial charge on any atom is 0.247 e.